The number of rotatable bonds is 8. The maximum atomic E-state index is 12.0. The number of anilines is 1. The fourth-order valence-corrected chi connectivity index (χ4v) is 4.37. The van der Waals surface area contributed by atoms with E-state index in [0.29, 0.717) is 0 Å². The number of piperidine rings is 1. The third-order valence-electron chi connectivity index (χ3n) is 5.54. The number of benzene rings is 1. The summed E-state index contributed by atoms with van der Waals surface area (Å²) in [6, 6.07) is 13.1. The molecule has 0 spiro atoms. The maximum absolute atomic E-state index is 12.0. The van der Waals surface area contributed by atoms with Gasteiger partial charge in [-0.05, 0) is 54.8 Å². The zero-order valence-electron chi connectivity index (χ0n) is 19.0. The minimum atomic E-state index is -0.00292. The Balaban J connectivity index is 1.61. The second-order valence-corrected chi connectivity index (χ2v) is 9.29. The molecule has 1 aliphatic heterocycles. The van der Waals surface area contributed by atoms with Crippen LogP contribution in [0.5, 0.6) is 0 Å². The van der Waals surface area contributed by atoms with Crippen molar-refractivity contribution in [1.29, 1.82) is 0 Å². The molecule has 1 aromatic heterocycles. The van der Waals surface area contributed by atoms with E-state index in [0.717, 1.165) is 38.6 Å². The molecule has 1 N–H and O–H groups in total. The van der Waals surface area contributed by atoms with Crippen LogP contribution in [0.15, 0.2) is 46.8 Å². The Hall–Kier alpha value is -2.54. The third kappa shape index (κ3) is 7.28. The molecule has 7 heteroatoms. The van der Waals surface area contributed by atoms with E-state index in [2.05, 4.69) is 61.9 Å². The number of hydrogen-bond acceptors (Lipinski definition) is 4. The highest BCUT2D eigenvalue weighted by atomic mass is 32.1. The highest BCUT2D eigenvalue weighted by molar-refractivity contribution is 7.09. The number of guanidine groups is 1. The van der Waals surface area contributed by atoms with Gasteiger partial charge in [-0.1, -0.05) is 18.2 Å². The van der Waals surface area contributed by atoms with Crippen molar-refractivity contribution >= 4 is 28.9 Å². The number of nitrogens with one attached hydrogen (secondary N) is 1. The van der Waals surface area contributed by atoms with Crippen LogP contribution in [-0.2, 0) is 17.8 Å². The lowest BCUT2D eigenvalue weighted by Crippen LogP contribution is -2.40. The van der Waals surface area contributed by atoms with Gasteiger partial charge in [-0.2, -0.15) is 0 Å². The van der Waals surface area contributed by atoms with Gasteiger partial charge < -0.3 is 20.0 Å². The molecule has 1 fully saturated rings. The van der Waals surface area contributed by atoms with Gasteiger partial charge in [-0.3, -0.25) is 4.79 Å². The molecular weight excluding hydrogens is 406 g/mol. The standard InChI is InChI=1S/C24H35N5OS/c1-27(2)23(30)18-26-24(25-14-13-22-8-7-17-31-22)28(3)19-20-9-11-21(12-10-20)29-15-5-4-6-16-29/h7-12,17H,4-6,13-16,18-19H2,1-3H3,(H,25,26). The lowest BCUT2D eigenvalue weighted by Gasteiger charge is -2.29. The Labute approximate surface area is 190 Å². The predicted molar refractivity (Wildman–Crippen MR) is 131 cm³/mol. The monoisotopic (exact) mass is 441 g/mol. The van der Waals surface area contributed by atoms with Gasteiger partial charge in [0.25, 0.3) is 0 Å². The third-order valence-corrected chi connectivity index (χ3v) is 6.47. The summed E-state index contributed by atoms with van der Waals surface area (Å²) < 4.78 is 0. The van der Waals surface area contributed by atoms with Crippen molar-refractivity contribution in [3.05, 3.63) is 52.2 Å². The number of carbonyl (C=O) groups is 1. The molecular formula is C24H35N5OS. The van der Waals surface area contributed by atoms with Crippen LogP contribution in [0, 0.1) is 0 Å². The molecule has 1 aromatic carbocycles. The molecule has 0 aliphatic carbocycles. The van der Waals surface area contributed by atoms with Crippen molar-refractivity contribution in [2.75, 3.05) is 52.2 Å². The van der Waals surface area contributed by atoms with E-state index in [9.17, 15) is 4.79 Å². The Morgan fingerprint density at radius 1 is 1.10 bits per heavy atom. The van der Waals surface area contributed by atoms with Crippen molar-refractivity contribution in [2.24, 2.45) is 4.99 Å². The smallest absolute Gasteiger partial charge is 0.243 e. The second-order valence-electron chi connectivity index (χ2n) is 8.25. The number of hydrogen-bond donors (Lipinski definition) is 1. The van der Waals surface area contributed by atoms with Crippen LogP contribution in [0.1, 0.15) is 29.7 Å². The number of amides is 1. The van der Waals surface area contributed by atoms with Gasteiger partial charge in [0, 0.05) is 57.9 Å². The average Bonchev–Trinajstić information content (AvgIpc) is 3.30. The molecule has 0 radical (unpaired) electrons. The highest BCUT2D eigenvalue weighted by Crippen LogP contribution is 2.20. The summed E-state index contributed by atoms with van der Waals surface area (Å²) >= 11 is 1.76. The van der Waals surface area contributed by atoms with Crippen LogP contribution in [-0.4, -0.2) is 69.0 Å². The zero-order chi connectivity index (χ0) is 22.1. The van der Waals surface area contributed by atoms with Gasteiger partial charge in [0.15, 0.2) is 5.96 Å². The molecule has 0 bridgehead atoms. The van der Waals surface area contributed by atoms with Gasteiger partial charge in [-0.25, -0.2) is 4.99 Å². The van der Waals surface area contributed by atoms with Crippen LogP contribution in [0.3, 0.4) is 0 Å². The van der Waals surface area contributed by atoms with Crippen LogP contribution >= 0.6 is 11.3 Å². The molecule has 3 rings (SSSR count). The first-order valence-corrected chi connectivity index (χ1v) is 12.0. The summed E-state index contributed by atoms with van der Waals surface area (Å²) in [6.45, 7) is 3.98. The lowest BCUT2D eigenvalue weighted by molar-refractivity contribution is -0.127. The van der Waals surface area contributed by atoms with Crippen molar-refractivity contribution in [2.45, 2.75) is 32.2 Å². The van der Waals surface area contributed by atoms with Crippen LogP contribution in [0.2, 0.25) is 0 Å². The molecule has 0 unspecified atom stereocenters. The van der Waals surface area contributed by atoms with Gasteiger partial charge in [0.2, 0.25) is 5.91 Å². The molecule has 0 saturated carbocycles. The van der Waals surface area contributed by atoms with Crippen molar-refractivity contribution in [1.82, 2.24) is 15.1 Å². The lowest BCUT2D eigenvalue weighted by atomic mass is 10.1. The average molecular weight is 442 g/mol. The van der Waals surface area contributed by atoms with Crippen LogP contribution < -0.4 is 10.2 Å². The molecule has 1 saturated heterocycles. The fourth-order valence-electron chi connectivity index (χ4n) is 3.66. The minimum absolute atomic E-state index is 0.00292. The summed E-state index contributed by atoms with van der Waals surface area (Å²) in [4.78, 5) is 24.1. The molecule has 1 amide bonds. The highest BCUT2D eigenvalue weighted by Gasteiger charge is 2.12. The quantitative estimate of drug-likeness (QED) is 0.504. The van der Waals surface area contributed by atoms with Gasteiger partial charge in [-0.15, -0.1) is 11.3 Å². The molecule has 2 heterocycles. The molecule has 2 aromatic rings. The Kier molecular flexibility index (Phi) is 8.76. The number of carbonyl (C=O) groups excluding carboxylic acids is 1. The molecule has 1 aliphatic rings. The van der Waals surface area contributed by atoms with E-state index in [-0.39, 0.29) is 12.5 Å². The first-order chi connectivity index (χ1) is 15.0. The largest absolute Gasteiger partial charge is 0.372 e. The molecule has 0 atom stereocenters. The topological polar surface area (TPSA) is 51.2 Å². The summed E-state index contributed by atoms with van der Waals surface area (Å²) in [6.07, 6.45) is 4.86. The van der Waals surface area contributed by atoms with Gasteiger partial charge >= 0.3 is 0 Å². The summed E-state index contributed by atoms with van der Waals surface area (Å²) in [5, 5.41) is 5.54. The summed E-state index contributed by atoms with van der Waals surface area (Å²) in [5.74, 6) is 0.753. The summed E-state index contributed by atoms with van der Waals surface area (Å²) in [5.41, 5.74) is 2.54. The SMILES string of the molecule is CN(C)C(=O)CN=C(NCCc1cccs1)N(C)Cc1ccc(N2CCCCC2)cc1. The van der Waals surface area contributed by atoms with E-state index >= 15 is 0 Å². The van der Waals surface area contributed by atoms with E-state index < -0.39 is 0 Å². The Morgan fingerprint density at radius 3 is 2.48 bits per heavy atom. The van der Waals surface area contributed by atoms with Crippen molar-refractivity contribution in [3.63, 3.8) is 0 Å². The van der Waals surface area contributed by atoms with E-state index in [4.69, 9.17) is 0 Å². The van der Waals surface area contributed by atoms with Crippen LogP contribution in [0.25, 0.3) is 0 Å². The zero-order valence-corrected chi connectivity index (χ0v) is 19.8. The van der Waals surface area contributed by atoms with Crippen molar-refractivity contribution < 1.29 is 4.79 Å². The number of nitrogens with zero attached hydrogens (tertiary/aromatic N) is 4. The first-order valence-electron chi connectivity index (χ1n) is 11.1. The second kappa shape index (κ2) is 11.7. The van der Waals surface area contributed by atoms with Crippen LogP contribution in [0.4, 0.5) is 5.69 Å². The Morgan fingerprint density at radius 2 is 1.84 bits per heavy atom. The predicted octanol–water partition coefficient (Wildman–Crippen LogP) is 3.45. The molecule has 168 valence electrons. The van der Waals surface area contributed by atoms with E-state index in [1.165, 1.54) is 35.4 Å². The van der Waals surface area contributed by atoms with E-state index in [1.54, 1.807) is 30.3 Å². The van der Waals surface area contributed by atoms with E-state index in [1.807, 2.05) is 7.05 Å². The maximum Gasteiger partial charge on any atom is 0.243 e. The number of likely N-dealkylation sites (N-methyl/N-ethyl adjacent to an activating group) is 1. The normalized spacial score (nSPS) is 14.4. The Bertz CT molecular complexity index is 826. The molecule has 6 nitrogen and oxygen atoms in total. The first kappa shape index (κ1) is 23.1. The van der Waals surface area contributed by atoms with Gasteiger partial charge in [0.05, 0.1) is 0 Å². The minimum Gasteiger partial charge on any atom is -0.372 e. The summed E-state index contributed by atoms with van der Waals surface area (Å²) in [7, 11) is 5.54. The van der Waals surface area contributed by atoms with Crippen molar-refractivity contribution in [3.8, 4) is 0 Å². The number of aliphatic imine (C=N–C) groups is 1. The fraction of sp³-hybridized carbons (Fsp3) is 0.500. The number of thiophene rings is 1. The van der Waals surface area contributed by atoms with Gasteiger partial charge in [0.1, 0.15) is 6.54 Å². The molecule has 31 heavy (non-hydrogen) atoms.